The van der Waals surface area contributed by atoms with Crippen molar-refractivity contribution in [2.75, 3.05) is 0 Å². The van der Waals surface area contributed by atoms with Crippen molar-refractivity contribution in [1.29, 1.82) is 0 Å². The van der Waals surface area contributed by atoms with Crippen LogP contribution in [0.2, 0.25) is 5.02 Å². The Morgan fingerprint density at radius 3 is 2.67 bits per heavy atom. The molecule has 1 aromatic rings. The molecule has 0 fully saturated rings. The summed E-state index contributed by atoms with van der Waals surface area (Å²) < 4.78 is 0. The van der Waals surface area contributed by atoms with Gasteiger partial charge < -0.3 is 0 Å². The number of rotatable bonds is 2. The summed E-state index contributed by atoms with van der Waals surface area (Å²) in [7, 11) is 0. The van der Waals surface area contributed by atoms with E-state index in [1.165, 1.54) is 11.1 Å². The zero-order valence-electron chi connectivity index (χ0n) is 7.60. The second-order valence-corrected chi connectivity index (χ2v) is 3.53. The van der Waals surface area contributed by atoms with Gasteiger partial charge in [-0.25, -0.2) is 0 Å². The molecular formula is C11H14Cl. The monoisotopic (exact) mass is 181 g/mol. The normalized spacial score (nSPS) is 10.8. The first-order chi connectivity index (χ1) is 5.65. The Labute approximate surface area is 79.6 Å². The van der Waals surface area contributed by atoms with Crippen molar-refractivity contribution in [3.63, 3.8) is 0 Å². The minimum absolute atomic E-state index is 0.318. The number of aryl methyl sites for hydroxylation is 1. The molecule has 0 amide bonds. The lowest BCUT2D eigenvalue weighted by atomic mass is 9.96. The fourth-order valence-electron chi connectivity index (χ4n) is 1.35. The van der Waals surface area contributed by atoms with Crippen LogP contribution in [0.4, 0.5) is 0 Å². The second kappa shape index (κ2) is 3.95. The van der Waals surface area contributed by atoms with Crippen molar-refractivity contribution >= 4 is 11.6 Å². The second-order valence-electron chi connectivity index (χ2n) is 3.10. The van der Waals surface area contributed by atoms with Gasteiger partial charge in [-0.15, -0.1) is 0 Å². The highest BCUT2D eigenvalue weighted by Crippen LogP contribution is 2.23. The molecule has 0 nitrogen and oxygen atoms in total. The fraction of sp³-hybridized carbons (Fsp3) is 0.364. The lowest BCUT2D eigenvalue weighted by Crippen LogP contribution is -1.94. The minimum Gasteiger partial charge on any atom is -0.0843 e. The SMILES string of the molecule is [CH2]C(C)c1cc(Cl)ccc1CC. The Balaban J connectivity index is 3.12. The van der Waals surface area contributed by atoms with Crippen LogP contribution in [0, 0.1) is 6.92 Å². The highest BCUT2D eigenvalue weighted by molar-refractivity contribution is 6.30. The molecular weight excluding hydrogens is 168 g/mol. The first-order valence-electron chi connectivity index (χ1n) is 4.26. The van der Waals surface area contributed by atoms with Gasteiger partial charge in [0.1, 0.15) is 0 Å². The van der Waals surface area contributed by atoms with Crippen molar-refractivity contribution in [3.05, 3.63) is 41.3 Å². The van der Waals surface area contributed by atoms with Crippen molar-refractivity contribution in [2.24, 2.45) is 0 Å². The summed E-state index contributed by atoms with van der Waals surface area (Å²) in [5, 5.41) is 0.803. The number of benzene rings is 1. The highest BCUT2D eigenvalue weighted by atomic mass is 35.5. The van der Waals surface area contributed by atoms with Crippen LogP contribution in [-0.4, -0.2) is 0 Å². The van der Waals surface area contributed by atoms with E-state index in [1.54, 1.807) is 0 Å². The summed E-state index contributed by atoms with van der Waals surface area (Å²) >= 11 is 5.89. The number of hydrogen-bond acceptors (Lipinski definition) is 0. The molecule has 0 aliphatic rings. The van der Waals surface area contributed by atoms with Crippen LogP contribution in [0.25, 0.3) is 0 Å². The Kier molecular flexibility index (Phi) is 3.16. The molecule has 0 aliphatic heterocycles. The maximum absolute atomic E-state index is 5.89. The number of halogens is 1. The summed E-state index contributed by atoms with van der Waals surface area (Å²) in [5.41, 5.74) is 2.62. The summed E-state index contributed by atoms with van der Waals surface area (Å²) in [6, 6.07) is 6.03. The van der Waals surface area contributed by atoms with Gasteiger partial charge in [-0.2, -0.15) is 0 Å². The maximum Gasteiger partial charge on any atom is 0.0409 e. The van der Waals surface area contributed by atoms with Gasteiger partial charge in [0.05, 0.1) is 0 Å². The van der Waals surface area contributed by atoms with Crippen LogP contribution in [0.15, 0.2) is 18.2 Å². The summed E-state index contributed by atoms with van der Waals surface area (Å²) in [5.74, 6) is 0.318. The van der Waals surface area contributed by atoms with E-state index in [9.17, 15) is 0 Å². The largest absolute Gasteiger partial charge is 0.0843 e. The maximum atomic E-state index is 5.89. The zero-order chi connectivity index (χ0) is 9.14. The summed E-state index contributed by atoms with van der Waals surface area (Å²) in [6.07, 6.45) is 1.05. The van der Waals surface area contributed by atoms with Crippen LogP contribution in [0.3, 0.4) is 0 Å². The van der Waals surface area contributed by atoms with Crippen LogP contribution in [0.5, 0.6) is 0 Å². The van der Waals surface area contributed by atoms with Crippen LogP contribution in [-0.2, 0) is 6.42 Å². The fourth-order valence-corrected chi connectivity index (χ4v) is 1.53. The van der Waals surface area contributed by atoms with Gasteiger partial charge in [-0.1, -0.05) is 31.5 Å². The van der Waals surface area contributed by atoms with Gasteiger partial charge in [-0.3, -0.25) is 0 Å². The molecule has 0 aromatic heterocycles. The van der Waals surface area contributed by atoms with E-state index in [1.807, 2.05) is 12.1 Å². The average molecular weight is 182 g/mol. The van der Waals surface area contributed by atoms with Gasteiger partial charge in [0, 0.05) is 5.02 Å². The molecule has 0 saturated carbocycles. The number of hydrogen-bond donors (Lipinski definition) is 0. The molecule has 1 atom stereocenters. The third-order valence-corrected chi connectivity index (χ3v) is 2.25. The third kappa shape index (κ3) is 2.01. The van der Waals surface area contributed by atoms with E-state index in [-0.39, 0.29) is 0 Å². The van der Waals surface area contributed by atoms with Crippen LogP contribution < -0.4 is 0 Å². The topological polar surface area (TPSA) is 0 Å². The summed E-state index contributed by atoms with van der Waals surface area (Å²) in [6.45, 7) is 8.24. The predicted octanol–water partition coefficient (Wildman–Crippen LogP) is 3.84. The summed E-state index contributed by atoms with van der Waals surface area (Å²) in [4.78, 5) is 0. The lowest BCUT2D eigenvalue weighted by molar-refractivity contribution is 0.926. The molecule has 0 bridgehead atoms. The van der Waals surface area contributed by atoms with Crippen molar-refractivity contribution < 1.29 is 0 Å². The van der Waals surface area contributed by atoms with Gasteiger partial charge in [0.2, 0.25) is 0 Å². The van der Waals surface area contributed by atoms with E-state index >= 15 is 0 Å². The molecule has 0 heterocycles. The quantitative estimate of drug-likeness (QED) is 0.651. The van der Waals surface area contributed by atoms with Gasteiger partial charge >= 0.3 is 0 Å². The van der Waals surface area contributed by atoms with Crippen LogP contribution >= 0.6 is 11.6 Å². The molecule has 0 aliphatic carbocycles. The van der Waals surface area contributed by atoms with Crippen molar-refractivity contribution in [1.82, 2.24) is 0 Å². The molecule has 0 spiro atoms. The molecule has 1 aromatic carbocycles. The molecule has 1 unspecified atom stereocenters. The first-order valence-corrected chi connectivity index (χ1v) is 4.64. The van der Waals surface area contributed by atoms with Gasteiger partial charge in [0.25, 0.3) is 0 Å². The zero-order valence-corrected chi connectivity index (χ0v) is 8.36. The Bertz CT molecular complexity index is 264. The van der Waals surface area contributed by atoms with Gasteiger partial charge in [0.15, 0.2) is 0 Å². The van der Waals surface area contributed by atoms with Gasteiger partial charge in [-0.05, 0) is 42.5 Å². The van der Waals surface area contributed by atoms with Crippen LogP contribution in [0.1, 0.15) is 30.9 Å². The molecule has 0 saturated heterocycles. The standard InChI is InChI=1S/C11H14Cl/c1-4-9-5-6-10(12)7-11(9)8(2)3/h5-8H,2,4H2,1,3H3. The smallest absolute Gasteiger partial charge is 0.0409 e. The Morgan fingerprint density at radius 1 is 1.50 bits per heavy atom. The first kappa shape index (κ1) is 9.60. The average Bonchev–Trinajstić information content (AvgIpc) is 2.04. The van der Waals surface area contributed by atoms with E-state index in [2.05, 4.69) is 26.8 Å². The van der Waals surface area contributed by atoms with E-state index in [0.717, 1.165) is 11.4 Å². The molecule has 12 heavy (non-hydrogen) atoms. The molecule has 1 radical (unpaired) electrons. The predicted molar refractivity (Wildman–Crippen MR) is 54.6 cm³/mol. The van der Waals surface area contributed by atoms with Crippen molar-refractivity contribution in [2.45, 2.75) is 26.2 Å². The van der Waals surface area contributed by atoms with E-state index in [4.69, 9.17) is 11.6 Å². The Morgan fingerprint density at radius 2 is 2.17 bits per heavy atom. The third-order valence-electron chi connectivity index (χ3n) is 2.02. The van der Waals surface area contributed by atoms with E-state index in [0.29, 0.717) is 5.92 Å². The van der Waals surface area contributed by atoms with E-state index < -0.39 is 0 Å². The lowest BCUT2D eigenvalue weighted by Gasteiger charge is -2.11. The Hall–Kier alpha value is -0.490. The highest BCUT2D eigenvalue weighted by Gasteiger charge is 2.05. The van der Waals surface area contributed by atoms with Crippen molar-refractivity contribution in [3.8, 4) is 0 Å². The molecule has 0 N–H and O–H groups in total. The minimum atomic E-state index is 0.318. The molecule has 1 rings (SSSR count). The molecule has 65 valence electrons. The molecule has 1 heteroatoms.